The topological polar surface area (TPSA) is 70.7 Å². The molecule has 5 nitrogen and oxygen atoms in total. The van der Waals surface area contributed by atoms with Gasteiger partial charge in [-0.3, -0.25) is 4.79 Å². The highest BCUT2D eigenvalue weighted by molar-refractivity contribution is 7.99. The summed E-state index contributed by atoms with van der Waals surface area (Å²) >= 11 is 2.99. The van der Waals surface area contributed by atoms with E-state index >= 15 is 0 Å². The molecule has 2 rings (SSSR count). The van der Waals surface area contributed by atoms with Gasteiger partial charge in [0.25, 0.3) is 0 Å². The highest BCUT2D eigenvalue weighted by Crippen LogP contribution is 2.12. The summed E-state index contributed by atoms with van der Waals surface area (Å²) in [5.74, 6) is 0.360. The van der Waals surface area contributed by atoms with Gasteiger partial charge in [0, 0.05) is 4.88 Å². The van der Waals surface area contributed by atoms with E-state index in [-0.39, 0.29) is 5.91 Å². The van der Waals surface area contributed by atoms with Gasteiger partial charge in [-0.05, 0) is 11.4 Å². The van der Waals surface area contributed by atoms with Gasteiger partial charge in [0.2, 0.25) is 5.91 Å². The molecule has 0 fully saturated rings. The Balaban J connectivity index is 1.69. The highest BCUT2D eigenvalue weighted by atomic mass is 32.2. The summed E-state index contributed by atoms with van der Waals surface area (Å²) in [6.45, 7) is 0.593. The molecule has 16 heavy (non-hydrogen) atoms. The Morgan fingerprint density at radius 3 is 3.25 bits per heavy atom. The number of aromatic nitrogens is 3. The van der Waals surface area contributed by atoms with Crippen LogP contribution in [0.1, 0.15) is 4.88 Å². The fraction of sp³-hybridized carbons (Fsp3) is 0.222. The van der Waals surface area contributed by atoms with Crippen LogP contribution >= 0.6 is 23.1 Å². The monoisotopic (exact) mass is 254 g/mol. The summed E-state index contributed by atoms with van der Waals surface area (Å²) in [4.78, 5) is 12.6. The van der Waals surface area contributed by atoms with Gasteiger partial charge in [-0.25, -0.2) is 0 Å². The average Bonchev–Trinajstić information content (AvgIpc) is 2.96. The maximum absolute atomic E-state index is 11.4. The van der Waals surface area contributed by atoms with Crippen molar-refractivity contribution in [3.63, 3.8) is 0 Å². The zero-order valence-electron chi connectivity index (χ0n) is 8.34. The molecule has 0 bridgehead atoms. The van der Waals surface area contributed by atoms with Crippen molar-refractivity contribution >= 4 is 29.0 Å². The zero-order chi connectivity index (χ0) is 11.2. The quantitative estimate of drug-likeness (QED) is 0.788. The van der Waals surface area contributed by atoms with Crippen LogP contribution in [-0.2, 0) is 11.3 Å². The van der Waals surface area contributed by atoms with E-state index in [2.05, 4.69) is 20.7 Å². The summed E-state index contributed by atoms with van der Waals surface area (Å²) in [6.07, 6.45) is 1.59. The first-order valence-corrected chi connectivity index (χ1v) is 6.49. The van der Waals surface area contributed by atoms with Crippen molar-refractivity contribution in [1.29, 1.82) is 0 Å². The Morgan fingerprint density at radius 1 is 1.62 bits per heavy atom. The molecule has 0 aliphatic heterocycles. The van der Waals surface area contributed by atoms with E-state index in [9.17, 15) is 4.79 Å². The molecule has 0 unspecified atom stereocenters. The normalized spacial score (nSPS) is 10.2. The lowest BCUT2D eigenvalue weighted by molar-refractivity contribution is -0.118. The van der Waals surface area contributed by atoms with Crippen molar-refractivity contribution in [3.05, 3.63) is 28.6 Å². The smallest absolute Gasteiger partial charge is 0.230 e. The molecule has 2 N–H and O–H groups in total. The van der Waals surface area contributed by atoms with Crippen LogP contribution < -0.4 is 5.32 Å². The molecular formula is C9H10N4OS2. The Hall–Kier alpha value is -1.34. The summed E-state index contributed by atoms with van der Waals surface area (Å²) < 4.78 is 0. The van der Waals surface area contributed by atoms with E-state index < -0.39 is 0 Å². The average molecular weight is 254 g/mol. The molecular weight excluding hydrogens is 244 g/mol. The van der Waals surface area contributed by atoms with Gasteiger partial charge < -0.3 is 5.32 Å². The lowest BCUT2D eigenvalue weighted by Gasteiger charge is -2.01. The van der Waals surface area contributed by atoms with E-state index in [1.165, 1.54) is 11.8 Å². The first kappa shape index (κ1) is 11.2. The van der Waals surface area contributed by atoms with Gasteiger partial charge in [0.15, 0.2) is 0 Å². The van der Waals surface area contributed by atoms with Gasteiger partial charge >= 0.3 is 0 Å². The third kappa shape index (κ3) is 3.35. The van der Waals surface area contributed by atoms with Crippen LogP contribution in [0.25, 0.3) is 0 Å². The number of thiophene rings is 1. The van der Waals surface area contributed by atoms with Crippen molar-refractivity contribution in [1.82, 2.24) is 20.7 Å². The third-order valence-electron chi connectivity index (χ3n) is 1.78. The fourth-order valence-corrected chi connectivity index (χ4v) is 2.31. The molecule has 84 valence electrons. The van der Waals surface area contributed by atoms with E-state index in [1.54, 1.807) is 17.5 Å². The number of thioether (sulfide) groups is 1. The third-order valence-corrected chi connectivity index (χ3v) is 3.56. The van der Waals surface area contributed by atoms with Crippen LogP contribution in [0.2, 0.25) is 0 Å². The number of carbonyl (C=O) groups excluding carboxylic acids is 1. The van der Waals surface area contributed by atoms with Crippen molar-refractivity contribution in [2.24, 2.45) is 0 Å². The molecule has 0 spiro atoms. The molecule has 0 saturated carbocycles. The van der Waals surface area contributed by atoms with Crippen LogP contribution in [0.5, 0.6) is 0 Å². The van der Waals surface area contributed by atoms with E-state index in [4.69, 9.17) is 0 Å². The van der Waals surface area contributed by atoms with E-state index in [1.807, 2.05) is 17.5 Å². The number of nitrogens with zero attached hydrogens (tertiary/aromatic N) is 2. The predicted octanol–water partition coefficient (Wildman–Crippen LogP) is 1.27. The van der Waals surface area contributed by atoms with Gasteiger partial charge in [-0.2, -0.15) is 10.3 Å². The molecule has 2 aromatic rings. The van der Waals surface area contributed by atoms with Crippen LogP contribution in [0.3, 0.4) is 0 Å². The predicted molar refractivity (Wildman–Crippen MR) is 63.3 cm³/mol. The Labute approximate surface area is 101 Å². The molecule has 0 aliphatic carbocycles. The SMILES string of the molecule is O=C(CSc1cn[nH]n1)NCc1cccs1. The van der Waals surface area contributed by atoms with Gasteiger partial charge in [-0.1, -0.05) is 17.8 Å². The Kier molecular flexibility index (Phi) is 3.95. The molecule has 7 heteroatoms. The lowest BCUT2D eigenvalue weighted by Crippen LogP contribution is -2.24. The van der Waals surface area contributed by atoms with Crippen LogP contribution in [0.15, 0.2) is 28.7 Å². The standard InChI is InChI=1S/C9H10N4OS2/c14-8(6-16-9-5-11-13-12-9)10-4-7-2-1-3-15-7/h1-3,5H,4,6H2,(H,10,14)(H,11,12,13). The first-order chi connectivity index (χ1) is 7.84. The van der Waals surface area contributed by atoms with Crippen LogP contribution in [0, 0.1) is 0 Å². The van der Waals surface area contributed by atoms with Gasteiger partial charge in [0.1, 0.15) is 5.03 Å². The van der Waals surface area contributed by atoms with Crippen molar-refractivity contribution in [2.45, 2.75) is 11.6 Å². The fourth-order valence-electron chi connectivity index (χ4n) is 1.05. The van der Waals surface area contributed by atoms with Gasteiger partial charge in [0.05, 0.1) is 18.5 Å². The maximum Gasteiger partial charge on any atom is 0.230 e. The second kappa shape index (κ2) is 5.66. The summed E-state index contributed by atoms with van der Waals surface area (Å²) in [7, 11) is 0. The highest BCUT2D eigenvalue weighted by Gasteiger charge is 2.04. The minimum atomic E-state index is 0.00130. The first-order valence-electron chi connectivity index (χ1n) is 4.62. The van der Waals surface area contributed by atoms with Crippen molar-refractivity contribution in [3.8, 4) is 0 Å². The van der Waals surface area contributed by atoms with Crippen molar-refractivity contribution < 1.29 is 4.79 Å². The van der Waals surface area contributed by atoms with Crippen LogP contribution in [-0.4, -0.2) is 27.1 Å². The number of nitrogens with one attached hydrogen (secondary N) is 2. The maximum atomic E-state index is 11.4. The molecule has 1 amide bonds. The van der Waals surface area contributed by atoms with Crippen LogP contribution in [0.4, 0.5) is 0 Å². The molecule has 0 aromatic carbocycles. The number of hydrogen-bond donors (Lipinski definition) is 2. The zero-order valence-corrected chi connectivity index (χ0v) is 9.98. The second-order valence-corrected chi connectivity index (χ2v) is 4.98. The number of rotatable bonds is 5. The molecule has 2 aromatic heterocycles. The lowest BCUT2D eigenvalue weighted by atomic mass is 10.4. The largest absolute Gasteiger partial charge is 0.350 e. The van der Waals surface area contributed by atoms with Gasteiger partial charge in [-0.15, -0.1) is 16.4 Å². The Bertz CT molecular complexity index is 386. The summed E-state index contributed by atoms with van der Waals surface area (Å²) in [5.41, 5.74) is 0. The minimum Gasteiger partial charge on any atom is -0.350 e. The molecule has 0 aliphatic rings. The number of H-pyrrole nitrogens is 1. The van der Waals surface area contributed by atoms with E-state index in [0.717, 1.165) is 9.90 Å². The molecule has 0 atom stereocenters. The number of carbonyl (C=O) groups is 1. The second-order valence-electron chi connectivity index (χ2n) is 2.95. The molecule has 0 saturated heterocycles. The summed E-state index contributed by atoms with van der Waals surface area (Å²) in [6, 6.07) is 3.96. The van der Waals surface area contributed by atoms with E-state index in [0.29, 0.717) is 12.3 Å². The number of aromatic amines is 1. The Morgan fingerprint density at radius 2 is 2.56 bits per heavy atom. The minimum absolute atomic E-state index is 0.00130. The summed E-state index contributed by atoms with van der Waals surface area (Å²) in [5, 5.41) is 15.6. The molecule has 0 radical (unpaired) electrons. The molecule has 2 heterocycles. The van der Waals surface area contributed by atoms with Crippen molar-refractivity contribution in [2.75, 3.05) is 5.75 Å². The number of hydrogen-bond acceptors (Lipinski definition) is 5. The number of amides is 1.